The molecule has 2 aliphatic rings. The first-order valence-corrected chi connectivity index (χ1v) is 6.70. The van der Waals surface area contributed by atoms with E-state index in [2.05, 4.69) is 7.28 Å². The van der Waals surface area contributed by atoms with E-state index in [4.69, 9.17) is 11.1 Å². The van der Waals surface area contributed by atoms with Crippen LogP contribution in [0.15, 0.2) is 0 Å². The van der Waals surface area contributed by atoms with Crippen LogP contribution in [0.5, 0.6) is 0 Å². The van der Waals surface area contributed by atoms with Gasteiger partial charge in [0.05, 0.1) is 0 Å². The van der Waals surface area contributed by atoms with Gasteiger partial charge in [0.1, 0.15) is 0 Å². The number of rotatable bonds is 2. The molecule has 2 aliphatic carbocycles. The fourth-order valence-electron chi connectivity index (χ4n) is 3.04. The van der Waals surface area contributed by atoms with Crippen LogP contribution in [0.3, 0.4) is 0 Å². The minimum atomic E-state index is 0.997. The quantitative estimate of drug-likeness (QED) is 0.269. The molecule has 0 aromatic rings. The average molecular weight is 219 g/mol. The molecule has 0 N–H and O–H groups in total. The number of hydrogen-bond donors (Lipinski definition) is 0. The Hall–Kier alpha value is -0.625. The molecule has 4 heteroatoms. The molecule has 0 aromatic heterocycles. The zero-order chi connectivity index (χ0) is 11.6. The van der Waals surface area contributed by atoms with Gasteiger partial charge >= 0.3 is 83.1 Å². The Kier molecular flexibility index (Phi) is 7.16. The molecule has 88 valence electrons. The molecule has 16 heavy (non-hydrogen) atoms. The van der Waals surface area contributed by atoms with E-state index >= 15 is 0 Å². The normalized spacial score (nSPS) is 22.5. The summed E-state index contributed by atoms with van der Waals surface area (Å²) in [6.07, 6.45) is 15.0. The minimum absolute atomic E-state index is 0.997. The van der Waals surface area contributed by atoms with E-state index in [0.717, 1.165) is 11.6 Å². The van der Waals surface area contributed by atoms with Crippen molar-refractivity contribution in [3.05, 3.63) is 16.0 Å². The minimum Gasteiger partial charge on any atom is -0.373 e. The summed E-state index contributed by atoms with van der Waals surface area (Å²) >= 11 is 0. The van der Waals surface area contributed by atoms with Crippen molar-refractivity contribution >= 4 is 7.28 Å². The molecule has 3 nitrogen and oxygen atoms in total. The van der Waals surface area contributed by atoms with Crippen molar-refractivity contribution in [3.8, 4) is 0 Å². The van der Waals surface area contributed by atoms with Gasteiger partial charge in [-0.05, 0) is 0 Å². The molecule has 2 saturated carbocycles. The SMILES string of the molecule is [B+](C1CCCCC1)C1CCCCC1.[N-]=[N+]=[N-]. The standard InChI is InChI=1S/C12H22B.N3/c1-3-7-11(8-4-1)13-12-9-5-2-6-10-12;1-3-2/h11-12H,1-10H2;/q+1;-1. The predicted octanol–water partition coefficient (Wildman–Crippen LogP) is 5.06. The largest absolute Gasteiger partial charge is 0.373 e. The van der Waals surface area contributed by atoms with E-state index < -0.39 is 0 Å². The molecular weight excluding hydrogens is 197 g/mol. The Morgan fingerprint density at radius 3 is 1.31 bits per heavy atom. The topological polar surface area (TPSA) is 58.7 Å². The van der Waals surface area contributed by atoms with Gasteiger partial charge in [-0.1, -0.05) is 0 Å². The summed E-state index contributed by atoms with van der Waals surface area (Å²) in [7, 11) is 2.72. The van der Waals surface area contributed by atoms with E-state index in [1.165, 1.54) is 69.1 Å². The summed E-state index contributed by atoms with van der Waals surface area (Å²) < 4.78 is 0. The van der Waals surface area contributed by atoms with Crippen molar-refractivity contribution in [2.24, 2.45) is 0 Å². The first kappa shape index (κ1) is 13.4. The molecule has 0 unspecified atom stereocenters. The molecule has 0 heterocycles. The summed E-state index contributed by atoms with van der Waals surface area (Å²) in [4.78, 5) is 1.50. The zero-order valence-corrected chi connectivity index (χ0v) is 10.1. The van der Waals surface area contributed by atoms with Crippen molar-refractivity contribution in [1.29, 1.82) is 0 Å². The molecule has 0 amide bonds. The van der Waals surface area contributed by atoms with Gasteiger partial charge < -0.3 is 11.1 Å². The van der Waals surface area contributed by atoms with Gasteiger partial charge in [0.2, 0.25) is 0 Å². The Labute approximate surface area is 99.7 Å². The molecule has 2 fully saturated rings. The maximum Gasteiger partial charge on any atom is -0.255 e. The van der Waals surface area contributed by atoms with Crippen LogP contribution in [0.2, 0.25) is 11.6 Å². The average Bonchev–Trinajstić information content (AvgIpc) is 2.33. The van der Waals surface area contributed by atoms with Gasteiger partial charge in [0.15, 0.2) is 0 Å². The van der Waals surface area contributed by atoms with Crippen LogP contribution in [-0.4, -0.2) is 7.28 Å². The van der Waals surface area contributed by atoms with E-state index in [9.17, 15) is 0 Å². The Morgan fingerprint density at radius 1 is 0.688 bits per heavy atom. The maximum absolute atomic E-state index is 6.75. The van der Waals surface area contributed by atoms with Crippen LogP contribution in [0, 0.1) is 0 Å². The smallest absolute Gasteiger partial charge is 0.255 e. The first-order valence-electron chi connectivity index (χ1n) is 6.70. The summed E-state index contributed by atoms with van der Waals surface area (Å²) in [5.41, 5.74) is 13.5. The van der Waals surface area contributed by atoms with E-state index in [1.54, 1.807) is 0 Å². The summed E-state index contributed by atoms with van der Waals surface area (Å²) in [6.45, 7) is 0. The predicted molar refractivity (Wildman–Crippen MR) is 69.5 cm³/mol. The summed E-state index contributed by atoms with van der Waals surface area (Å²) in [6, 6.07) is 0. The van der Waals surface area contributed by atoms with Crippen molar-refractivity contribution in [2.75, 3.05) is 0 Å². The fraction of sp³-hybridized carbons (Fsp3) is 1.00. The molecule has 2 rings (SSSR count). The van der Waals surface area contributed by atoms with Gasteiger partial charge in [-0.25, -0.2) is 0 Å². The molecule has 0 bridgehead atoms. The van der Waals surface area contributed by atoms with Gasteiger partial charge in [0.25, 0.3) is 0 Å². The third-order valence-corrected chi connectivity index (χ3v) is 3.84. The van der Waals surface area contributed by atoms with Crippen molar-refractivity contribution in [1.82, 2.24) is 0 Å². The van der Waals surface area contributed by atoms with Crippen LogP contribution < -0.4 is 0 Å². The Bertz CT molecular complexity index is 186. The fourth-order valence-corrected chi connectivity index (χ4v) is 3.04. The third kappa shape index (κ3) is 5.46. The Balaban J connectivity index is 0.000000386. The molecular formula is C12H22BN3. The van der Waals surface area contributed by atoms with Gasteiger partial charge in [-0.2, -0.15) is 0 Å². The van der Waals surface area contributed by atoms with Crippen molar-refractivity contribution in [2.45, 2.75) is 75.8 Å². The number of nitrogens with zero attached hydrogens (tertiary/aromatic N) is 3. The van der Waals surface area contributed by atoms with Crippen LogP contribution in [0.4, 0.5) is 0 Å². The molecule has 0 radical (unpaired) electrons. The second-order valence-corrected chi connectivity index (χ2v) is 5.08. The van der Waals surface area contributed by atoms with E-state index in [-0.39, 0.29) is 0 Å². The molecule has 0 spiro atoms. The second-order valence-electron chi connectivity index (χ2n) is 5.08. The zero-order valence-electron chi connectivity index (χ0n) is 10.1. The van der Waals surface area contributed by atoms with Crippen LogP contribution >= 0.6 is 0 Å². The maximum atomic E-state index is 6.75. The summed E-state index contributed by atoms with van der Waals surface area (Å²) in [5, 5.41) is 0. The Morgan fingerprint density at radius 2 is 1.00 bits per heavy atom. The second kappa shape index (κ2) is 8.52. The number of hydrogen-bond acceptors (Lipinski definition) is 0. The molecule has 0 aromatic carbocycles. The molecule has 0 saturated heterocycles. The molecule has 0 aliphatic heterocycles. The monoisotopic (exact) mass is 219 g/mol. The summed E-state index contributed by atoms with van der Waals surface area (Å²) in [5.74, 6) is 1.99. The van der Waals surface area contributed by atoms with Crippen LogP contribution in [0.1, 0.15) is 64.2 Å². The van der Waals surface area contributed by atoms with Crippen molar-refractivity contribution < 1.29 is 0 Å². The van der Waals surface area contributed by atoms with E-state index in [1.807, 2.05) is 0 Å². The van der Waals surface area contributed by atoms with Crippen molar-refractivity contribution in [3.63, 3.8) is 0 Å². The van der Waals surface area contributed by atoms with Crippen LogP contribution in [-0.2, 0) is 0 Å². The first-order chi connectivity index (χ1) is 7.86. The molecule has 0 atom stereocenters. The van der Waals surface area contributed by atoms with E-state index in [0.29, 0.717) is 0 Å². The third-order valence-electron chi connectivity index (χ3n) is 3.84. The van der Waals surface area contributed by atoms with Gasteiger partial charge in [-0.15, -0.1) is 0 Å². The van der Waals surface area contributed by atoms with Gasteiger partial charge in [-0.3, -0.25) is 4.91 Å². The van der Waals surface area contributed by atoms with Gasteiger partial charge in [0, 0.05) is 0 Å². The van der Waals surface area contributed by atoms with Crippen LogP contribution in [0.25, 0.3) is 16.0 Å².